The Hall–Kier alpha value is -3.16. The van der Waals surface area contributed by atoms with Crippen molar-refractivity contribution in [3.63, 3.8) is 0 Å². The van der Waals surface area contributed by atoms with E-state index in [1.807, 2.05) is 32.2 Å². The summed E-state index contributed by atoms with van der Waals surface area (Å²) in [5.41, 5.74) is 1.50. The number of aromatic nitrogens is 1. The van der Waals surface area contributed by atoms with Crippen molar-refractivity contribution in [3.8, 4) is 0 Å². The number of cyclic esters (lactones) is 1. The fourth-order valence-corrected chi connectivity index (χ4v) is 3.66. The van der Waals surface area contributed by atoms with Gasteiger partial charge in [-0.25, -0.2) is 14.2 Å². The molecule has 0 N–H and O–H groups in total. The second-order valence-corrected chi connectivity index (χ2v) is 7.43. The predicted octanol–water partition coefficient (Wildman–Crippen LogP) is 2.84. The molecule has 1 atom stereocenters. The molecule has 0 bridgehead atoms. The number of aryl methyl sites for hydroxylation is 1. The van der Waals surface area contributed by atoms with Gasteiger partial charge in [-0.05, 0) is 43.7 Å². The van der Waals surface area contributed by atoms with Crippen LogP contribution in [0, 0.1) is 12.7 Å². The number of carbonyl (C=O) groups is 2. The molecule has 0 saturated carbocycles. The number of pyridine rings is 1. The molecule has 29 heavy (non-hydrogen) atoms. The van der Waals surface area contributed by atoms with Crippen LogP contribution in [0.1, 0.15) is 22.8 Å². The van der Waals surface area contributed by atoms with E-state index in [4.69, 9.17) is 4.74 Å². The first kappa shape index (κ1) is 19.2. The molecular weight excluding hydrogens is 375 g/mol. The molecule has 8 heteroatoms. The fraction of sp³-hybridized carbons (Fsp3) is 0.381. The number of carbonyl (C=O) groups excluding carboxylic acids is 2. The zero-order chi connectivity index (χ0) is 20.5. The highest BCUT2D eigenvalue weighted by atomic mass is 19.1. The summed E-state index contributed by atoms with van der Waals surface area (Å²) in [4.78, 5) is 34.2. The van der Waals surface area contributed by atoms with E-state index < -0.39 is 11.9 Å². The van der Waals surface area contributed by atoms with Gasteiger partial charge in [0.25, 0.3) is 5.91 Å². The Morgan fingerprint density at radius 3 is 2.52 bits per heavy atom. The minimum atomic E-state index is -0.637. The summed E-state index contributed by atoms with van der Waals surface area (Å²) in [6.07, 6.45) is 1.32. The van der Waals surface area contributed by atoms with Gasteiger partial charge in [0.15, 0.2) is 0 Å². The third kappa shape index (κ3) is 3.74. The van der Waals surface area contributed by atoms with Crippen LogP contribution >= 0.6 is 0 Å². The molecule has 1 aromatic carbocycles. The molecule has 152 valence electrons. The van der Waals surface area contributed by atoms with E-state index >= 15 is 0 Å². The maximum atomic E-state index is 14.7. The summed E-state index contributed by atoms with van der Waals surface area (Å²) in [6.45, 7) is 6.33. The molecule has 4 rings (SSSR count). The molecule has 0 aliphatic carbocycles. The quantitative estimate of drug-likeness (QED) is 0.796. The molecule has 0 radical (unpaired) electrons. The minimum Gasteiger partial charge on any atom is -0.447 e. The monoisotopic (exact) mass is 398 g/mol. The smallest absolute Gasteiger partial charge is 0.414 e. The van der Waals surface area contributed by atoms with Crippen molar-refractivity contribution in [2.24, 2.45) is 0 Å². The summed E-state index contributed by atoms with van der Waals surface area (Å²) in [5.74, 6) is -0.102. The Labute approximate surface area is 168 Å². The van der Waals surface area contributed by atoms with Gasteiger partial charge in [-0.1, -0.05) is 6.07 Å². The largest absolute Gasteiger partial charge is 0.447 e. The van der Waals surface area contributed by atoms with E-state index in [-0.39, 0.29) is 24.1 Å². The van der Waals surface area contributed by atoms with Crippen LogP contribution < -0.4 is 9.80 Å². The standard InChI is InChI=1S/C21H23FN4O3/c1-14-3-6-19(23-12-14)24-7-9-25(10-8-24)20(27)17-5-4-16(11-18(17)22)26-15(2)13-29-21(26)28/h3-6,11-12,15H,7-10,13H2,1-2H3/t15-/m1/s1. The van der Waals surface area contributed by atoms with E-state index in [1.54, 1.807) is 11.0 Å². The molecule has 3 heterocycles. The highest BCUT2D eigenvalue weighted by Gasteiger charge is 2.32. The van der Waals surface area contributed by atoms with Crippen LogP contribution in [0.5, 0.6) is 0 Å². The van der Waals surface area contributed by atoms with Gasteiger partial charge in [-0.2, -0.15) is 0 Å². The summed E-state index contributed by atoms with van der Waals surface area (Å²) >= 11 is 0. The summed E-state index contributed by atoms with van der Waals surface area (Å²) < 4.78 is 19.7. The maximum absolute atomic E-state index is 14.7. The predicted molar refractivity (Wildman–Crippen MR) is 107 cm³/mol. The van der Waals surface area contributed by atoms with Crippen molar-refractivity contribution in [2.45, 2.75) is 19.9 Å². The lowest BCUT2D eigenvalue weighted by atomic mass is 10.1. The number of halogens is 1. The number of piperazine rings is 1. The van der Waals surface area contributed by atoms with Crippen molar-refractivity contribution in [1.82, 2.24) is 9.88 Å². The second-order valence-electron chi connectivity index (χ2n) is 7.43. The SMILES string of the molecule is Cc1ccc(N2CCN(C(=O)c3ccc(N4C(=O)OC[C@H]4C)cc3F)CC2)nc1. The molecule has 2 aliphatic rings. The average molecular weight is 398 g/mol. The van der Waals surface area contributed by atoms with Crippen LogP contribution in [-0.4, -0.2) is 60.7 Å². The zero-order valence-corrected chi connectivity index (χ0v) is 16.5. The number of nitrogens with zero attached hydrogens (tertiary/aromatic N) is 4. The summed E-state index contributed by atoms with van der Waals surface area (Å²) in [7, 11) is 0. The summed E-state index contributed by atoms with van der Waals surface area (Å²) in [5, 5.41) is 0. The third-order valence-corrected chi connectivity index (χ3v) is 5.33. The van der Waals surface area contributed by atoms with Crippen molar-refractivity contribution in [2.75, 3.05) is 42.6 Å². The second kappa shape index (κ2) is 7.69. The van der Waals surface area contributed by atoms with Crippen LogP contribution in [0.4, 0.5) is 20.7 Å². The number of hydrogen-bond acceptors (Lipinski definition) is 5. The summed E-state index contributed by atoms with van der Waals surface area (Å²) in [6, 6.07) is 8.06. The molecule has 0 unspecified atom stereocenters. The Morgan fingerprint density at radius 2 is 1.93 bits per heavy atom. The molecule has 2 saturated heterocycles. The van der Waals surface area contributed by atoms with Gasteiger partial charge >= 0.3 is 6.09 Å². The van der Waals surface area contributed by atoms with E-state index in [1.165, 1.54) is 17.0 Å². The number of hydrogen-bond donors (Lipinski definition) is 0. The highest BCUT2D eigenvalue weighted by Crippen LogP contribution is 2.26. The van der Waals surface area contributed by atoms with Crippen LogP contribution in [0.2, 0.25) is 0 Å². The molecule has 0 spiro atoms. The minimum absolute atomic E-state index is 0.0101. The molecule has 2 amide bonds. The number of anilines is 2. The first-order valence-electron chi connectivity index (χ1n) is 9.66. The topological polar surface area (TPSA) is 66.0 Å². The lowest BCUT2D eigenvalue weighted by molar-refractivity contribution is 0.0742. The van der Waals surface area contributed by atoms with Crippen molar-refractivity contribution >= 4 is 23.5 Å². The van der Waals surface area contributed by atoms with Crippen LogP contribution in [0.15, 0.2) is 36.5 Å². The highest BCUT2D eigenvalue weighted by molar-refractivity contribution is 5.96. The molecule has 2 fully saturated rings. The van der Waals surface area contributed by atoms with E-state index in [2.05, 4.69) is 9.88 Å². The average Bonchev–Trinajstić information content (AvgIpc) is 3.06. The lowest BCUT2D eigenvalue weighted by Gasteiger charge is -2.35. The van der Waals surface area contributed by atoms with Gasteiger partial charge in [-0.3, -0.25) is 9.69 Å². The number of rotatable bonds is 3. The first-order chi connectivity index (χ1) is 13.9. The fourth-order valence-electron chi connectivity index (χ4n) is 3.66. The third-order valence-electron chi connectivity index (χ3n) is 5.33. The molecule has 2 aliphatic heterocycles. The number of amides is 2. The van der Waals surface area contributed by atoms with Gasteiger partial charge in [0.2, 0.25) is 0 Å². The molecule has 2 aromatic rings. The van der Waals surface area contributed by atoms with Gasteiger partial charge < -0.3 is 14.5 Å². The number of benzene rings is 1. The number of ether oxygens (including phenoxy) is 1. The van der Waals surface area contributed by atoms with Crippen molar-refractivity contribution in [3.05, 3.63) is 53.5 Å². The maximum Gasteiger partial charge on any atom is 0.414 e. The molecule has 7 nitrogen and oxygen atoms in total. The first-order valence-corrected chi connectivity index (χ1v) is 9.66. The Kier molecular flexibility index (Phi) is 5.08. The van der Waals surface area contributed by atoms with E-state index in [9.17, 15) is 14.0 Å². The van der Waals surface area contributed by atoms with Crippen molar-refractivity contribution in [1.29, 1.82) is 0 Å². The van der Waals surface area contributed by atoms with Gasteiger partial charge in [0, 0.05) is 32.4 Å². The molecule has 1 aromatic heterocycles. The Balaban J connectivity index is 1.43. The molecular formula is C21H23FN4O3. The normalized spacial score (nSPS) is 19.5. The van der Waals surface area contributed by atoms with Gasteiger partial charge in [-0.15, -0.1) is 0 Å². The Bertz CT molecular complexity index is 926. The van der Waals surface area contributed by atoms with Crippen molar-refractivity contribution < 1.29 is 18.7 Å². The zero-order valence-electron chi connectivity index (χ0n) is 16.5. The van der Waals surface area contributed by atoms with E-state index in [0.717, 1.165) is 11.4 Å². The van der Waals surface area contributed by atoms with E-state index in [0.29, 0.717) is 31.9 Å². The van der Waals surface area contributed by atoms with Crippen LogP contribution in [0.25, 0.3) is 0 Å². The van der Waals surface area contributed by atoms with Gasteiger partial charge in [0.1, 0.15) is 18.2 Å². The van der Waals surface area contributed by atoms with Crippen LogP contribution in [0.3, 0.4) is 0 Å². The lowest BCUT2D eigenvalue weighted by Crippen LogP contribution is -2.49. The van der Waals surface area contributed by atoms with Gasteiger partial charge in [0.05, 0.1) is 17.3 Å². The van der Waals surface area contributed by atoms with Crippen LogP contribution in [-0.2, 0) is 4.74 Å². The Morgan fingerprint density at radius 1 is 1.17 bits per heavy atom.